The van der Waals surface area contributed by atoms with E-state index in [0.29, 0.717) is 11.9 Å². The maximum absolute atomic E-state index is 9.79. The Morgan fingerprint density at radius 3 is 2.65 bits per heavy atom. The van der Waals surface area contributed by atoms with Crippen LogP contribution in [0, 0.1) is 0 Å². The molecule has 6 heteroatoms. The van der Waals surface area contributed by atoms with Gasteiger partial charge in [0.25, 0.3) is 0 Å². The van der Waals surface area contributed by atoms with Crippen molar-refractivity contribution >= 4 is 27.4 Å². The Morgan fingerprint density at radius 2 is 1.92 bits per heavy atom. The van der Waals surface area contributed by atoms with Crippen molar-refractivity contribution in [3.63, 3.8) is 0 Å². The molecule has 2 heterocycles. The zero-order chi connectivity index (χ0) is 18.1. The first-order chi connectivity index (χ1) is 12.6. The molecular weight excluding hydrogens is 392 g/mol. The number of halogens is 1. The van der Waals surface area contributed by atoms with E-state index < -0.39 is 0 Å². The second-order valence-electron chi connectivity index (χ2n) is 7.08. The number of hydrogen-bond acceptors (Lipinski definition) is 4. The van der Waals surface area contributed by atoms with Gasteiger partial charge in [0.15, 0.2) is 0 Å². The van der Waals surface area contributed by atoms with Gasteiger partial charge in [0.05, 0.1) is 23.9 Å². The molecule has 1 saturated carbocycles. The minimum atomic E-state index is -0.153. The molecular formula is C20H23BrN4O. The van der Waals surface area contributed by atoms with Crippen molar-refractivity contribution in [2.75, 3.05) is 5.32 Å². The number of nitrogens with zero attached hydrogens (tertiary/aromatic N) is 3. The standard InChI is InChI=1S/C20H23BrN4O/c1-13(14-5-3-2-4-6-14)23-20-22-12-19-17(21)11-18(25(19)24-20)15-7-9-16(26)10-8-15/h2-6,11-13,15-16,26H,7-10H2,1H3,(H,23,24)/t13-,15-,16-/m1/s1. The predicted molar refractivity (Wildman–Crippen MR) is 106 cm³/mol. The van der Waals surface area contributed by atoms with E-state index in [-0.39, 0.29) is 12.1 Å². The van der Waals surface area contributed by atoms with Crippen LogP contribution in [0.4, 0.5) is 5.95 Å². The summed E-state index contributed by atoms with van der Waals surface area (Å²) in [6, 6.07) is 12.6. The minimum Gasteiger partial charge on any atom is -0.393 e. The maximum Gasteiger partial charge on any atom is 0.241 e. The normalized spacial score (nSPS) is 21.7. The summed E-state index contributed by atoms with van der Waals surface area (Å²) in [7, 11) is 0. The van der Waals surface area contributed by atoms with E-state index in [1.807, 2.05) is 28.9 Å². The number of nitrogens with one attached hydrogen (secondary N) is 1. The Bertz CT molecular complexity index is 887. The smallest absolute Gasteiger partial charge is 0.241 e. The lowest BCUT2D eigenvalue weighted by Gasteiger charge is -2.25. The topological polar surface area (TPSA) is 62.5 Å². The quantitative estimate of drug-likeness (QED) is 0.650. The summed E-state index contributed by atoms with van der Waals surface area (Å²) in [5, 5.41) is 17.9. The SMILES string of the molecule is C[C@@H](Nc1ncc2c(Br)cc([C@H]3CC[C@H](O)CC3)n2n1)c1ccccc1. The van der Waals surface area contributed by atoms with Crippen LogP contribution in [0.5, 0.6) is 0 Å². The molecule has 136 valence electrons. The van der Waals surface area contributed by atoms with Crippen molar-refractivity contribution in [1.29, 1.82) is 0 Å². The lowest BCUT2D eigenvalue weighted by atomic mass is 9.85. The van der Waals surface area contributed by atoms with Gasteiger partial charge in [-0.3, -0.25) is 0 Å². The molecule has 1 fully saturated rings. The molecule has 3 aromatic rings. The highest BCUT2D eigenvalue weighted by molar-refractivity contribution is 9.10. The number of aliphatic hydroxyl groups is 1. The van der Waals surface area contributed by atoms with Gasteiger partial charge in [-0.1, -0.05) is 30.3 Å². The second-order valence-corrected chi connectivity index (χ2v) is 7.93. The zero-order valence-electron chi connectivity index (χ0n) is 14.8. The predicted octanol–water partition coefficient (Wildman–Crippen LogP) is 4.68. The molecule has 2 N–H and O–H groups in total. The molecule has 5 nitrogen and oxygen atoms in total. The fraction of sp³-hybridized carbons (Fsp3) is 0.400. The maximum atomic E-state index is 9.79. The number of fused-ring (bicyclic) bond motifs is 1. The summed E-state index contributed by atoms with van der Waals surface area (Å²) >= 11 is 3.64. The van der Waals surface area contributed by atoms with E-state index >= 15 is 0 Å². The van der Waals surface area contributed by atoms with Gasteiger partial charge >= 0.3 is 0 Å². The molecule has 26 heavy (non-hydrogen) atoms. The lowest BCUT2D eigenvalue weighted by Crippen LogP contribution is -2.18. The lowest BCUT2D eigenvalue weighted by molar-refractivity contribution is 0.121. The van der Waals surface area contributed by atoms with Crippen LogP contribution in [0.3, 0.4) is 0 Å². The van der Waals surface area contributed by atoms with Gasteiger partial charge in [-0.25, -0.2) is 9.50 Å². The van der Waals surface area contributed by atoms with E-state index in [1.165, 1.54) is 11.3 Å². The molecule has 0 aliphatic heterocycles. The highest BCUT2D eigenvalue weighted by atomic mass is 79.9. The average Bonchev–Trinajstić information content (AvgIpc) is 2.99. The Kier molecular flexibility index (Phi) is 4.96. The molecule has 1 aliphatic carbocycles. The Morgan fingerprint density at radius 1 is 1.19 bits per heavy atom. The van der Waals surface area contributed by atoms with Gasteiger partial charge in [0, 0.05) is 16.1 Å². The van der Waals surface area contributed by atoms with Crippen LogP contribution in [0.1, 0.15) is 55.8 Å². The third kappa shape index (κ3) is 3.48. The number of aliphatic hydroxyl groups excluding tert-OH is 1. The minimum absolute atomic E-state index is 0.126. The van der Waals surface area contributed by atoms with Crippen LogP contribution >= 0.6 is 15.9 Å². The van der Waals surface area contributed by atoms with Gasteiger partial charge in [-0.2, -0.15) is 0 Å². The fourth-order valence-corrected chi connectivity index (χ4v) is 4.23. The Balaban J connectivity index is 1.62. The molecule has 0 radical (unpaired) electrons. The molecule has 1 aliphatic rings. The van der Waals surface area contributed by atoms with E-state index in [4.69, 9.17) is 5.10 Å². The molecule has 0 amide bonds. The van der Waals surface area contributed by atoms with Crippen molar-refractivity contribution in [2.45, 2.75) is 50.7 Å². The van der Waals surface area contributed by atoms with Gasteiger partial charge < -0.3 is 10.4 Å². The highest BCUT2D eigenvalue weighted by Crippen LogP contribution is 2.36. The van der Waals surface area contributed by atoms with Crippen LogP contribution in [-0.4, -0.2) is 25.8 Å². The summed E-state index contributed by atoms with van der Waals surface area (Å²) in [6.07, 6.45) is 5.41. The number of benzene rings is 1. The fourth-order valence-electron chi connectivity index (χ4n) is 3.72. The Hall–Kier alpha value is -1.92. The highest BCUT2D eigenvalue weighted by Gasteiger charge is 2.24. The number of hydrogen-bond donors (Lipinski definition) is 2. The molecule has 1 aromatic carbocycles. The van der Waals surface area contributed by atoms with E-state index in [1.54, 1.807) is 0 Å². The zero-order valence-corrected chi connectivity index (χ0v) is 16.4. The van der Waals surface area contributed by atoms with Crippen LogP contribution in [-0.2, 0) is 0 Å². The van der Waals surface area contributed by atoms with Crippen LogP contribution in [0.25, 0.3) is 5.52 Å². The van der Waals surface area contributed by atoms with Crippen LogP contribution < -0.4 is 5.32 Å². The third-order valence-electron chi connectivity index (χ3n) is 5.26. The molecule has 4 rings (SSSR count). The average molecular weight is 415 g/mol. The van der Waals surface area contributed by atoms with Crippen molar-refractivity contribution in [2.24, 2.45) is 0 Å². The summed E-state index contributed by atoms with van der Waals surface area (Å²) in [5.41, 5.74) is 3.37. The molecule has 0 saturated heterocycles. The van der Waals surface area contributed by atoms with Crippen molar-refractivity contribution in [1.82, 2.24) is 14.6 Å². The largest absolute Gasteiger partial charge is 0.393 e. The summed E-state index contributed by atoms with van der Waals surface area (Å²) in [4.78, 5) is 4.49. The van der Waals surface area contributed by atoms with Gasteiger partial charge in [-0.15, -0.1) is 5.10 Å². The molecule has 2 aromatic heterocycles. The monoisotopic (exact) mass is 414 g/mol. The molecule has 1 atom stereocenters. The second kappa shape index (κ2) is 7.37. The first kappa shape index (κ1) is 17.5. The van der Waals surface area contributed by atoms with E-state index in [9.17, 15) is 5.11 Å². The molecule has 0 unspecified atom stereocenters. The van der Waals surface area contributed by atoms with E-state index in [2.05, 4.69) is 51.4 Å². The van der Waals surface area contributed by atoms with Gasteiger partial charge in [0.1, 0.15) is 0 Å². The third-order valence-corrected chi connectivity index (χ3v) is 5.89. The summed E-state index contributed by atoms with van der Waals surface area (Å²) in [6.45, 7) is 2.11. The molecule has 0 spiro atoms. The first-order valence-corrected chi connectivity index (χ1v) is 9.95. The number of aromatic nitrogens is 3. The van der Waals surface area contributed by atoms with Crippen molar-refractivity contribution < 1.29 is 5.11 Å². The summed E-state index contributed by atoms with van der Waals surface area (Å²) < 4.78 is 3.01. The summed E-state index contributed by atoms with van der Waals surface area (Å²) in [5.74, 6) is 1.04. The van der Waals surface area contributed by atoms with E-state index in [0.717, 1.165) is 35.7 Å². The van der Waals surface area contributed by atoms with Crippen LogP contribution in [0.15, 0.2) is 47.1 Å². The Labute approximate surface area is 161 Å². The van der Waals surface area contributed by atoms with Crippen molar-refractivity contribution in [3.05, 3.63) is 58.3 Å². The number of rotatable bonds is 4. The van der Waals surface area contributed by atoms with Crippen molar-refractivity contribution in [3.8, 4) is 0 Å². The van der Waals surface area contributed by atoms with Crippen LogP contribution in [0.2, 0.25) is 0 Å². The molecule has 0 bridgehead atoms. The first-order valence-electron chi connectivity index (χ1n) is 9.15. The van der Waals surface area contributed by atoms with Gasteiger partial charge in [-0.05, 0) is 60.2 Å². The van der Waals surface area contributed by atoms with Gasteiger partial charge in [0.2, 0.25) is 5.95 Å². The number of anilines is 1.